The molecule has 0 spiro atoms. The number of ether oxygens (including phenoxy) is 2. The van der Waals surface area contributed by atoms with Crippen LogP contribution in [0.5, 0.6) is 12.0 Å². The first-order valence-electron chi connectivity index (χ1n) is 12.5. The third-order valence-electron chi connectivity index (χ3n) is 5.59. The minimum Gasteiger partial charge on any atom is -0.463 e. The van der Waals surface area contributed by atoms with Crippen LogP contribution >= 0.6 is 0 Å². The molecule has 9 heteroatoms. The summed E-state index contributed by atoms with van der Waals surface area (Å²) in [5, 5.41) is 3.78. The number of aromatic amines is 1. The Kier molecular flexibility index (Phi) is 8.80. The minimum atomic E-state index is -0.198. The first-order chi connectivity index (χ1) is 17.7. The molecule has 2 heterocycles. The van der Waals surface area contributed by atoms with Crippen LogP contribution in [0.2, 0.25) is 0 Å². The van der Waals surface area contributed by atoms with Crippen molar-refractivity contribution >= 4 is 22.5 Å². The second-order valence-corrected chi connectivity index (χ2v) is 8.44. The Bertz CT molecular complexity index is 1310. The Hall–Kier alpha value is -4.01. The number of aromatic nitrogens is 5. The van der Waals surface area contributed by atoms with Crippen LogP contribution in [0.1, 0.15) is 52.4 Å². The Labute approximate surface area is 210 Å². The molecule has 0 aliphatic carbocycles. The van der Waals surface area contributed by atoms with Gasteiger partial charge in [-0.2, -0.15) is 9.97 Å². The normalized spacial score (nSPS) is 10.9. The molecule has 2 aromatic carbocycles. The van der Waals surface area contributed by atoms with Gasteiger partial charge in [-0.05, 0) is 37.1 Å². The van der Waals surface area contributed by atoms with Gasteiger partial charge in [0, 0.05) is 5.56 Å². The SMILES string of the molecule is CCCCCOc1nc(Nc2ccccc2-c2nc3ccccc3c(=O)[nH]2)nc(OCCCCC)n1. The molecule has 36 heavy (non-hydrogen) atoms. The van der Waals surface area contributed by atoms with E-state index in [1.54, 1.807) is 6.07 Å². The van der Waals surface area contributed by atoms with Gasteiger partial charge in [-0.25, -0.2) is 4.98 Å². The molecule has 4 rings (SSSR count). The summed E-state index contributed by atoms with van der Waals surface area (Å²) in [5.41, 5.74) is 1.81. The molecule has 0 saturated carbocycles. The predicted molar refractivity (Wildman–Crippen MR) is 141 cm³/mol. The minimum absolute atomic E-state index is 0.198. The summed E-state index contributed by atoms with van der Waals surface area (Å²) in [6.07, 6.45) is 6.17. The van der Waals surface area contributed by atoms with Gasteiger partial charge in [0.2, 0.25) is 5.95 Å². The number of hydrogen-bond acceptors (Lipinski definition) is 8. The number of H-pyrrole nitrogens is 1. The predicted octanol–water partition coefficient (Wildman–Crippen LogP) is 5.66. The zero-order chi connectivity index (χ0) is 25.2. The number of benzene rings is 2. The molecule has 9 nitrogen and oxygen atoms in total. The summed E-state index contributed by atoms with van der Waals surface area (Å²) in [4.78, 5) is 33.4. The van der Waals surface area contributed by atoms with Gasteiger partial charge in [-0.3, -0.25) is 4.79 Å². The molecule has 2 aromatic heterocycles. The monoisotopic (exact) mass is 488 g/mol. The van der Waals surface area contributed by atoms with E-state index in [0.29, 0.717) is 41.2 Å². The van der Waals surface area contributed by atoms with Crippen molar-refractivity contribution in [3.8, 4) is 23.4 Å². The zero-order valence-electron chi connectivity index (χ0n) is 20.8. The number of anilines is 2. The molecule has 0 fully saturated rings. The van der Waals surface area contributed by atoms with Gasteiger partial charge in [0.05, 0.1) is 29.8 Å². The zero-order valence-corrected chi connectivity index (χ0v) is 20.8. The molecule has 0 saturated heterocycles. The highest BCUT2D eigenvalue weighted by Crippen LogP contribution is 2.28. The van der Waals surface area contributed by atoms with Crippen molar-refractivity contribution in [1.82, 2.24) is 24.9 Å². The summed E-state index contributed by atoms with van der Waals surface area (Å²) in [5.74, 6) is 0.736. The van der Waals surface area contributed by atoms with Crippen LogP contribution in [-0.4, -0.2) is 38.1 Å². The van der Waals surface area contributed by atoms with Gasteiger partial charge < -0.3 is 19.8 Å². The Morgan fingerprint density at radius 1 is 0.778 bits per heavy atom. The summed E-state index contributed by atoms with van der Waals surface area (Å²) >= 11 is 0. The molecule has 0 atom stereocenters. The van der Waals surface area contributed by atoms with Crippen LogP contribution in [0.15, 0.2) is 53.3 Å². The number of nitrogens with zero attached hydrogens (tertiary/aromatic N) is 4. The van der Waals surface area contributed by atoms with Crippen LogP contribution in [0.3, 0.4) is 0 Å². The number of nitrogens with one attached hydrogen (secondary N) is 2. The lowest BCUT2D eigenvalue weighted by atomic mass is 10.1. The fourth-order valence-corrected chi connectivity index (χ4v) is 3.69. The molecule has 0 aliphatic heterocycles. The largest absolute Gasteiger partial charge is 0.463 e. The van der Waals surface area contributed by atoms with Crippen LogP contribution in [0, 0.1) is 0 Å². The lowest BCUT2D eigenvalue weighted by Crippen LogP contribution is -2.11. The van der Waals surface area contributed by atoms with Crippen molar-refractivity contribution < 1.29 is 9.47 Å². The van der Waals surface area contributed by atoms with Crippen molar-refractivity contribution in [3.63, 3.8) is 0 Å². The maximum atomic E-state index is 12.6. The molecule has 2 N–H and O–H groups in total. The first-order valence-corrected chi connectivity index (χ1v) is 12.5. The topological polar surface area (TPSA) is 115 Å². The Morgan fingerprint density at radius 3 is 2.11 bits per heavy atom. The van der Waals surface area contributed by atoms with E-state index in [1.165, 1.54) is 0 Å². The number of unbranched alkanes of at least 4 members (excludes halogenated alkanes) is 4. The van der Waals surface area contributed by atoms with Gasteiger partial charge in [-0.15, -0.1) is 4.98 Å². The van der Waals surface area contributed by atoms with E-state index in [-0.39, 0.29) is 23.5 Å². The van der Waals surface area contributed by atoms with E-state index in [0.717, 1.165) is 38.5 Å². The van der Waals surface area contributed by atoms with E-state index in [4.69, 9.17) is 9.47 Å². The molecule has 0 unspecified atom stereocenters. The molecule has 188 valence electrons. The summed E-state index contributed by atoms with van der Waals surface area (Å²) in [6.45, 7) is 5.32. The number of rotatable bonds is 13. The van der Waals surface area contributed by atoms with Gasteiger partial charge in [0.1, 0.15) is 5.82 Å². The average molecular weight is 489 g/mol. The Morgan fingerprint density at radius 2 is 1.42 bits per heavy atom. The first kappa shape index (κ1) is 25.1. The maximum absolute atomic E-state index is 12.6. The number of para-hydroxylation sites is 2. The fraction of sp³-hybridized carbons (Fsp3) is 0.370. The van der Waals surface area contributed by atoms with Gasteiger partial charge in [0.25, 0.3) is 5.56 Å². The van der Waals surface area contributed by atoms with Crippen LogP contribution in [0.4, 0.5) is 11.6 Å². The van der Waals surface area contributed by atoms with E-state index < -0.39 is 0 Å². The molecule has 0 aliphatic rings. The molecular weight excluding hydrogens is 456 g/mol. The van der Waals surface area contributed by atoms with E-state index in [9.17, 15) is 4.79 Å². The van der Waals surface area contributed by atoms with E-state index in [1.807, 2.05) is 42.5 Å². The molecule has 0 amide bonds. The van der Waals surface area contributed by atoms with Crippen LogP contribution in [-0.2, 0) is 0 Å². The van der Waals surface area contributed by atoms with Crippen LogP contribution < -0.4 is 20.3 Å². The molecular formula is C27H32N6O3. The van der Waals surface area contributed by atoms with Gasteiger partial charge in [-0.1, -0.05) is 63.8 Å². The molecule has 4 aromatic rings. The average Bonchev–Trinajstić information content (AvgIpc) is 2.89. The van der Waals surface area contributed by atoms with E-state index in [2.05, 4.69) is 44.1 Å². The highest BCUT2D eigenvalue weighted by molar-refractivity contribution is 5.82. The second kappa shape index (κ2) is 12.6. The lowest BCUT2D eigenvalue weighted by molar-refractivity contribution is 0.254. The van der Waals surface area contributed by atoms with Crippen molar-refractivity contribution in [3.05, 3.63) is 58.9 Å². The summed E-state index contributed by atoms with van der Waals surface area (Å²) in [7, 11) is 0. The second-order valence-electron chi connectivity index (χ2n) is 8.44. The van der Waals surface area contributed by atoms with Gasteiger partial charge in [0.15, 0.2) is 0 Å². The molecule has 0 bridgehead atoms. The lowest BCUT2D eigenvalue weighted by Gasteiger charge is -2.13. The highest BCUT2D eigenvalue weighted by atomic mass is 16.5. The van der Waals surface area contributed by atoms with Gasteiger partial charge >= 0.3 is 12.0 Å². The van der Waals surface area contributed by atoms with Crippen molar-refractivity contribution in [2.24, 2.45) is 0 Å². The van der Waals surface area contributed by atoms with Crippen molar-refractivity contribution in [2.75, 3.05) is 18.5 Å². The fourth-order valence-electron chi connectivity index (χ4n) is 3.69. The smallest absolute Gasteiger partial charge is 0.324 e. The number of hydrogen-bond donors (Lipinski definition) is 2. The summed E-state index contributed by atoms with van der Waals surface area (Å²) < 4.78 is 11.6. The quantitative estimate of drug-likeness (QED) is 0.232. The summed E-state index contributed by atoms with van der Waals surface area (Å²) in [6, 6.07) is 15.2. The third-order valence-corrected chi connectivity index (χ3v) is 5.59. The van der Waals surface area contributed by atoms with Crippen molar-refractivity contribution in [1.29, 1.82) is 0 Å². The van der Waals surface area contributed by atoms with E-state index >= 15 is 0 Å². The third kappa shape index (κ3) is 6.56. The maximum Gasteiger partial charge on any atom is 0.324 e. The highest BCUT2D eigenvalue weighted by Gasteiger charge is 2.14. The standard InChI is InChI=1S/C27H32N6O3/c1-3-5-11-17-35-26-31-25(32-27(33-26)36-18-12-6-4-2)29-21-15-9-7-13-19(21)23-28-22-16-10-8-14-20(22)24(34)30-23/h7-10,13-16H,3-6,11-12,17-18H2,1-2H3,(H,28,30,34)(H,29,31,32,33). The van der Waals surface area contributed by atoms with Crippen LogP contribution in [0.25, 0.3) is 22.3 Å². The van der Waals surface area contributed by atoms with Crippen molar-refractivity contribution in [2.45, 2.75) is 52.4 Å². The Balaban J connectivity index is 1.62. The number of fused-ring (bicyclic) bond motifs is 1. The molecule has 0 radical (unpaired) electrons.